The summed E-state index contributed by atoms with van der Waals surface area (Å²) in [5.41, 5.74) is 13.0. The predicted octanol–water partition coefficient (Wildman–Crippen LogP) is 8.70. The number of nitrogens with one attached hydrogen (secondary N) is 1. The van der Waals surface area contributed by atoms with Crippen molar-refractivity contribution in [2.75, 3.05) is 0 Å². The van der Waals surface area contributed by atoms with Crippen LogP contribution in [0.2, 0.25) is 0 Å². The van der Waals surface area contributed by atoms with E-state index in [2.05, 4.69) is 111 Å². The molecule has 0 unspecified atom stereocenters. The van der Waals surface area contributed by atoms with Gasteiger partial charge in [-0.05, 0) is 117 Å². The zero-order valence-corrected chi connectivity index (χ0v) is 19.9. The van der Waals surface area contributed by atoms with Crippen molar-refractivity contribution in [3.63, 3.8) is 0 Å². The molecule has 30 heavy (non-hydrogen) atoms. The topological polar surface area (TPSA) is 15.8 Å². The highest BCUT2D eigenvalue weighted by molar-refractivity contribution is 9.11. The van der Waals surface area contributed by atoms with E-state index in [-0.39, 0.29) is 0 Å². The van der Waals surface area contributed by atoms with Gasteiger partial charge in [-0.2, -0.15) is 0 Å². The number of hydrogen-bond acceptors (Lipinski definition) is 0. The molecule has 4 aromatic carbocycles. The molecule has 0 radical (unpaired) electrons. The number of fused-ring (bicyclic) bond motifs is 6. The molecule has 1 N–H and O–H groups in total. The van der Waals surface area contributed by atoms with E-state index in [1.165, 1.54) is 65.3 Å². The van der Waals surface area contributed by atoms with Crippen LogP contribution in [-0.4, -0.2) is 4.98 Å². The maximum atomic E-state index is 3.77. The van der Waals surface area contributed by atoms with Crippen LogP contribution in [0.25, 0.3) is 44.1 Å². The van der Waals surface area contributed by atoms with Gasteiger partial charge < -0.3 is 4.98 Å². The minimum atomic E-state index is 1.00. The fourth-order valence-electron chi connectivity index (χ4n) is 4.82. The number of hydrogen-bond donors (Lipinski definition) is 1. The number of halogens is 2. The average Bonchev–Trinajstić information content (AvgIpc) is 3.26. The smallest absolute Gasteiger partial charge is 0.0609 e. The first-order valence-electron chi connectivity index (χ1n) is 10.1. The molecule has 3 heteroatoms. The van der Waals surface area contributed by atoms with E-state index in [1.54, 1.807) is 0 Å². The number of H-pyrrole nitrogens is 1. The first-order chi connectivity index (χ1) is 14.5. The normalized spacial score (nSPS) is 12.5. The number of aromatic amines is 1. The standard InChI is InChI=1S/C27H19Br2N/c1-14-7-20-19-11-16(3-4-18(19)13-21(20)24(28)9-14)17-5-6-26-22(12-17)23-8-15(2)10-25(29)27(23)30-26/h3-12,30H,13H2,1-2H3. The third kappa shape index (κ3) is 2.72. The number of aromatic nitrogens is 1. The van der Waals surface area contributed by atoms with E-state index in [0.29, 0.717) is 0 Å². The molecule has 1 aromatic heterocycles. The van der Waals surface area contributed by atoms with Crippen LogP contribution in [0, 0.1) is 13.8 Å². The van der Waals surface area contributed by atoms with Crippen molar-refractivity contribution < 1.29 is 0 Å². The Bertz CT molecular complexity index is 1510. The van der Waals surface area contributed by atoms with Gasteiger partial charge in [-0.1, -0.05) is 40.2 Å². The van der Waals surface area contributed by atoms with Crippen LogP contribution in [0.3, 0.4) is 0 Å². The van der Waals surface area contributed by atoms with Gasteiger partial charge in [0, 0.05) is 25.2 Å². The van der Waals surface area contributed by atoms with Gasteiger partial charge in [-0.15, -0.1) is 0 Å². The Morgan fingerprint density at radius 2 is 1.43 bits per heavy atom. The molecule has 1 aliphatic carbocycles. The lowest BCUT2D eigenvalue weighted by Crippen LogP contribution is -1.84. The Hall–Kier alpha value is -2.36. The summed E-state index contributed by atoms with van der Waals surface area (Å²) in [6, 6.07) is 22.6. The van der Waals surface area contributed by atoms with Crippen molar-refractivity contribution in [3.8, 4) is 22.3 Å². The van der Waals surface area contributed by atoms with Gasteiger partial charge >= 0.3 is 0 Å². The Morgan fingerprint density at radius 3 is 2.30 bits per heavy atom. The van der Waals surface area contributed by atoms with Crippen LogP contribution in [-0.2, 0) is 6.42 Å². The Balaban J connectivity index is 1.54. The molecule has 0 amide bonds. The molecule has 0 atom stereocenters. The summed E-state index contributed by atoms with van der Waals surface area (Å²) < 4.78 is 2.33. The molecule has 0 fully saturated rings. The minimum absolute atomic E-state index is 1.00. The van der Waals surface area contributed by atoms with Crippen molar-refractivity contribution >= 4 is 53.7 Å². The lowest BCUT2D eigenvalue weighted by atomic mass is 9.97. The highest BCUT2D eigenvalue weighted by atomic mass is 79.9. The molecule has 0 bridgehead atoms. The fourth-order valence-corrected chi connectivity index (χ4v) is 6.20. The summed E-state index contributed by atoms with van der Waals surface area (Å²) in [4.78, 5) is 3.57. The molecular weight excluding hydrogens is 498 g/mol. The van der Waals surface area contributed by atoms with Crippen LogP contribution < -0.4 is 0 Å². The lowest BCUT2D eigenvalue weighted by Gasteiger charge is -2.08. The predicted molar refractivity (Wildman–Crippen MR) is 134 cm³/mol. The molecule has 0 aliphatic heterocycles. The molecule has 6 rings (SSSR count). The number of benzene rings is 4. The molecule has 146 valence electrons. The maximum Gasteiger partial charge on any atom is 0.0609 e. The van der Waals surface area contributed by atoms with Crippen LogP contribution >= 0.6 is 31.9 Å². The minimum Gasteiger partial charge on any atom is -0.354 e. The Labute approximate surface area is 192 Å². The molecule has 1 heterocycles. The van der Waals surface area contributed by atoms with Crippen LogP contribution in [0.4, 0.5) is 0 Å². The van der Waals surface area contributed by atoms with Crippen LogP contribution in [0.15, 0.2) is 69.6 Å². The van der Waals surface area contributed by atoms with E-state index in [0.717, 1.165) is 16.4 Å². The first kappa shape index (κ1) is 18.4. The van der Waals surface area contributed by atoms with Crippen LogP contribution in [0.1, 0.15) is 22.3 Å². The molecule has 0 spiro atoms. The summed E-state index contributed by atoms with van der Waals surface area (Å²) in [6.45, 7) is 4.31. The van der Waals surface area contributed by atoms with Crippen molar-refractivity contribution in [2.45, 2.75) is 20.3 Å². The molecule has 1 nitrogen and oxygen atoms in total. The molecule has 0 saturated heterocycles. The van der Waals surface area contributed by atoms with Crippen molar-refractivity contribution in [3.05, 3.63) is 91.9 Å². The zero-order chi connectivity index (χ0) is 20.6. The van der Waals surface area contributed by atoms with E-state index in [4.69, 9.17) is 0 Å². The number of aryl methyl sites for hydroxylation is 2. The molecule has 1 aliphatic rings. The summed E-state index contributed by atoms with van der Waals surface area (Å²) in [5.74, 6) is 0. The second kappa shape index (κ2) is 6.57. The van der Waals surface area contributed by atoms with Gasteiger partial charge in [0.25, 0.3) is 0 Å². The Morgan fingerprint density at radius 1 is 0.700 bits per heavy atom. The quantitative estimate of drug-likeness (QED) is 0.225. The van der Waals surface area contributed by atoms with E-state index < -0.39 is 0 Å². The van der Waals surface area contributed by atoms with Gasteiger partial charge in [0.1, 0.15) is 0 Å². The second-order valence-electron chi connectivity index (χ2n) is 8.38. The van der Waals surface area contributed by atoms with E-state index in [1.807, 2.05) is 0 Å². The summed E-state index contributed by atoms with van der Waals surface area (Å²) >= 11 is 7.49. The van der Waals surface area contributed by atoms with Gasteiger partial charge in [-0.25, -0.2) is 0 Å². The van der Waals surface area contributed by atoms with Gasteiger partial charge in [0.2, 0.25) is 0 Å². The second-order valence-corrected chi connectivity index (χ2v) is 10.1. The third-order valence-corrected chi connectivity index (χ3v) is 7.58. The van der Waals surface area contributed by atoms with E-state index >= 15 is 0 Å². The SMILES string of the molecule is Cc1cc(Br)c2c(c1)-c1cc(-c3ccc4[nH]c5c(Br)cc(C)cc5c4c3)ccc1C2. The molecule has 0 saturated carbocycles. The highest BCUT2D eigenvalue weighted by Gasteiger charge is 2.21. The summed E-state index contributed by atoms with van der Waals surface area (Å²) in [7, 11) is 0. The highest BCUT2D eigenvalue weighted by Crippen LogP contribution is 2.43. The van der Waals surface area contributed by atoms with Gasteiger partial charge in [0.05, 0.1) is 5.52 Å². The largest absolute Gasteiger partial charge is 0.354 e. The fraction of sp³-hybridized carbons (Fsp3) is 0.111. The number of rotatable bonds is 1. The van der Waals surface area contributed by atoms with Gasteiger partial charge in [0.15, 0.2) is 0 Å². The third-order valence-electron chi connectivity index (χ3n) is 6.24. The first-order valence-corrected chi connectivity index (χ1v) is 11.7. The maximum absolute atomic E-state index is 3.77. The van der Waals surface area contributed by atoms with Crippen molar-refractivity contribution in [1.82, 2.24) is 4.98 Å². The molecule has 5 aromatic rings. The molecular formula is C27H19Br2N. The van der Waals surface area contributed by atoms with Gasteiger partial charge in [-0.3, -0.25) is 0 Å². The lowest BCUT2D eigenvalue weighted by molar-refractivity contribution is 1.24. The van der Waals surface area contributed by atoms with Crippen LogP contribution in [0.5, 0.6) is 0 Å². The summed E-state index contributed by atoms with van der Waals surface area (Å²) in [5, 5.41) is 2.54. The van der Waals surface area contributed by atoms with Crippen molar-refractivity contribution in [2.24, 2.45) is 0 Å². The average molecular weight is 517 g/mol. The zero-order valence-electron chi connectivity index (χ0n) is 16.7. The monoisotopic (exact) mass is 515 g/mol. The van der Waals surface area contributed by atoms with E-state index in [9.17, 15) is 0 Å². The van der Waals surface area contributed by atoms with Crippen molar-refractivity contribution in [1.29, 1.82) is 0 Å². The Kier molecular flexibility index (Phi) is 4.03. The summed E-state index contributed by atoms with van der Waals surface area (Å²) in [6.07, 6.45) is 1.00.